The summed E-state index contributed by atoms with van der Waals surface area (Å²) in [5.74, 6) is -1.61. The monoisotopic (exact) mass is 354 g/mol. The summed E-state index contributed by atoms with van der Waals surface area (Å²) in [6.45, 7) is 0.239. The molecule has 2 aliphatic heterocycles. The van der Waals surface area contributed by atoms with Gasteiger partial charge in [-0.2, -0.15) is 0 Å². The summed E-state index contributed by atoms with van der Waals surface area (Å²) in [5.41, 5.74) is 1.67. The predicted molar refractivity (Wildman–Crippen MR) is 86.9 cm³/mol. The van der Waals surface area contributed by atoms with Crippen LogP contribution in [-0.2, 0) is 16.1 Å². The molecular formula is C17H14N4O5. The molecule has 2 N–H and O–H groups in total. The van der Waals surface area contributed by atoms with E-state index in [1.807, 2.05) is 0 Å². The maximum Gasteiger partial charge on any atom is 0.311 e. The zero-order valence-corrected chi connectivity index (χ0v) is 13.5. The fraction of sp³-hybridized carbons (Fsp3) is 0.235. The van der Waals surface area contributed by atoms with Crippen molar-refractivity contribution in [2.24, 2.45) is 0 Å². The van der Waals surface area contributed by atoms with Crippen LogP contribution in [0.3, 0.4) is 0 Å². The van der Waals surface area contributed by atoms with Crippen molar-refractivity contribution in [2.45, 2.75) is 25.4 Å². The number of anilines is 1. The number of nitrogens with zero attached hydrogens (tertiary/aromatic N) is 2. The summed E-state index contributed by atoms with van der Waals surface area (Å²) in [7, 11) is 0. The third kappa shape index (κ3) is 2.73. The number of oxazole rings is 1. The van der Waals surface area contributed by atoms with E-state index in [4.69, 9.17) is 4.42 Å². The number of benzene rings is 1. The zero-order valence-electron chi connectivity index (χ0n) is 13.5. The SMILES string of the molecule is O=C1CCC(N2Cc3cc(NC(=O)c4ncco4)ccc3C2=O)C(=O)N1. The molecular weight excluding hydrogens is 340 g/mol. The summed E-state index contributed by atoms with van der Waals surface area (Å²) in [6.07, 6.45) is 3.17. The number of carbonyl (C=O) groups excluding carboxylic acids is 4. The van der Waals surface area contributed by atoms with E-state index in [1.165, 1.54) is 17.4 Å². The fourth-order valence-electron chi connectivity index (χ4n) is 3.17. The maximum absolute atomic E-state index is 12.6. The second kappa shape index (κ2) is 6.10. The van der Waals surface area contributed by atoms with Crippen molar-refractivity contribution in [3.05, 3.63) is 47.7 Å². The van der Waals surface area contributed by atoms with E-state index < -0.39 is 17.9 Å². The first-order valence-electron chi connectivity index (χ1n) is 8.01. The van der Waals surface area contributed by atoms with Crippen LogP contribution < -0.4 is 10.6 Å². The second-order valence-electron chi connectivity index (χ2n) is 6.06. The number of nitrogens with one attached hydrogen (secondary N) is 2. The molecule has 9 nitrogen and oxygen atoms in total. The molecule has 132 valence electrons. The molecule has 1 atom stereocenters. The highest BCUT2D eigenvalue weighted by molar-refractivity contribution is 6.06. The van der Waals surface area contributed by atoms with Gasteiger partial charge in [-0.05, 0) is 30.2 Å². The molecule has 3 heterocycles. The minimum absolute atomic E-state index is 0.0632. The molecule has 0 bridgehead atoms. The Morgan fingerprint density at radius 3 is 2.88 bits per heavy atom. The lowest BCUT2D eigenvalue weighted by molar-refractivity contribution is -0.136. The van der Waals surface area contributed by atoms with Crippen LogP contribution >= 0.6 is 0 Å². The maximum atomic E-state index is 12.6. The van der Waals surface area contributed by atoms with Crippen molar-refractivity contribution in [3.8, 4) is 0 Å². The average molecular weight is 354 g/mol. The Morgan fingerprint density at radius 2 is 2.15 bits per heavy atom. The molecule has 0 spiro atoms. The summed E-state index contributed by atoms with van der Waals surface area (Å²) in [5, 5.41) is 4.91. The number of aromatic nitrogens is 1. The lowest BCUT2D eigenvalue weighted by Gasteiger charge is -2.29. The molecule has 0 aliphatic carbocycles. The first-order valence-corrected chi connectivity index (χ1v) is 8.01. The van der Waals surface area contributed by atoms with Gasteiger partial charge in [-0.15, -0.1) is 0 Å². The van der Waals surface area contributed by atoms with Gasteiger partial charge in [0.25, 0.3) is 11.8 Å². The lowest BCUT2D eigenvalue weighted by atomic mass is 10.0. The fourth-order valence-corrected chi connectivity index (χ4v) is 3.17. The van der Waals surface area contributed by atoms with Crippen molar-refractivity contribution in [3.63, 3.8) is 0 Å². The van der Waals surface area contributed by atoms with Crippen molar-refractivity contribution >= 4 is 29.3 Å². The molecule has 1 saturated heterocycles. The molecule has 9 heteroatoms. The Morgan fingerprint density at radius 1 is 1.31 bits per heavy atom. The van der Waals surface area contributed by atoms with Gasteiger partial charge in [0.2, 0.25) is 11.8 Å². The number of imide groups is 1. The van der Waals surface area contributed by atoms with Gasteiger partial charge in [-0.25, -0.2) is 4.98 Å². The first kappa shape index (κ1) is 16.0. The van der Waals surface area contributed by atoms with E-state index >= 15 is 0 Å². The number of fused-ring (bicyclic) bond motifs is 1. The molecule has 2 aliphatic rings. The second-order valence-corrected chi connectivity index (χ2v) is 6.06. The van der Waals surface area contributed by atoms with Crippen molar-refractivity contribution in [1.29, 1.82) is 0 Å². The summed E-state index contributed by atoms with van der Waals surface area (Å²) < 4.78 is 4.94. The van der Waals surface area contributed by atoms with Crippen LogP contribution in [0, 0.1) is 0 Å². The molecule has 4 amide bonds. The zero-order chi connectivity index (χ0) is 18.3. The molecule has 0 radical (unpaired) electrons. The minimum Gasteiger partial charge on any atom is -0.441 e. The third-order valence-corrected chi connectivity index (χ3v) is 4.41. The molecule has 0 saturated carbocycles. The number of hydrogen-bond acceptors (Lipinski definition) is 6. The van der Waals surface area contributed by atoms with Crippen LogP contribution in [0.5, 0.6) is 0 Å². The third-order valence-electron chi connectivity index (χ3n) is 4.41. The topological polar surface area (TPSA) is 122 Å². The largest absolute Gasteiger partial charge is 0.441 e. The van der Waals surface area contributed by atoms with Crippen LogP contribution in [0.2, 0.25) is 0 Å². The molecule has 1 fully saturated rings. The summed E-state index contributed by atoms with van der Waals surface area (Å²) in [6, 6.07) is 4.22. The van der Waals surface area contributed by atoms with Crippen LogP contribution in [0.1, 0.15) is 39.4 Å². The Balaban J connectivity index is 1.52. The highest BCUT2D eigenvalue weighted by Crippen LogP contribution is 2.29. The van der Waals surface area contributed by atoms with Gasteiger partial charge in [0, 0.05) is 24.2 Å². The number of carbonyl (C=O) groups is 4. The Kier molecular flexibility index (Phi) is 3.76. The van der Waals surface area contributed by atoms with Gasteiger partial charge in [0.15, 0.2) is 0 Å². The average Bonchev–Trinajstić information content (AvgIpc) is 3.24. The number of amides is 4. The lowest BCUT2D eigenvalue weighted by Crippen LogP contribution is -2.52. The normalized spacial score (nSPS) is 19.3. The van der Waals surface area contributed by atoms with Gasteiger partial charge in [-0.3, -0.25) is 24.5 Å². The quantitative estimate of drug-likeness (QED) is 0.782. The molecule has 1 aromatic heterocycles. The van der Waals surface area contributed by atoms with Crippen molar-refractivity contribution in [2.75, 3.05) is 5.32 Å². The van der Waals surface area contributed by atoms with Crippen molar-refractivity contribution in [1.82, 2.24) is 15.2 Å². The summed E-state index contributed by atoms with van der Waals surface area (Å²) in [4.78, 5) is 53.1. The van der Waals surface area contributed by atoms with E-state index in [2.05, 4.69) is 15.6 Å². The number of hydrogen-bond donors (Lipinski definition) is 2. The number of piperidine rings is 1. The van der Waals surface area contributed by atoms with E-state index in [0.717, 1.165) is 0 Å². The predicted octanol–water partition coefficient (Wildman–Crippen LogP) is 0.688. The Bertz CT molecular complexity index is 921. The molecule has 1 aromatic carbocycles. The van der Waals surface area contributed by atoms with Crippen LogP contribution in [0.15, 0.2) is 35.1 Å². The Hall–Kier alpha value is -3.49. The molecule has 1 unspecified atom stereocenters. The minimum atomic E-state index is -0.669. The molecule has 2 aromatic rings. The van der Waals surface area contributed by atoms with E-state index in [-0.39, 0.29) is 30.7 Å². The molecule has 26 heavy (non-hydrogen) atoms. The summed E-state index contributed by atoms with van der Waals surface area (Å²) >= 11 is 0. The van der Waals surface area contributed by atoms with Gasteiger partial charge < -0.3 is 14.6 Å². The van der Waals surface area contributed by atoms with E-state index in [1.54, 1.807) is 18.2 Å². The van der Waals surface area contributed by atoms with Gasteiger partial charge >= 0.3 is 5.91 Å². The highest BCUT2D eigenvalue weighted by Gasteiger charge is 2.39. The van der Waals surface area contributed by atoms with Crippen LogP contribution in [0.25, 0.3) is 0 Å². The first-order chi connectivity index (χ1) is 12.5. The smallest absolute Gasteiger partial charge is 0.311 e. The van der Waals surface area contributed by atoms with Gasteiger partial charge in [0.05, 0.1) is 6.20 Å². The highest BCUT2D eigenvalue weighted by atomic mass is 16.3. The van der Waals surface area contributed by atoms with E-state index in [0.29, 0.717) is 23.2 Å². The van der Waals surface area contributed by atoms with E-state index in [9.17, 15) is 19.2 Å². The molecule has 4 rings (SSSR count). The number of rotatable bonds is 3. The van der Waals surface area contributed by atoms with Gasteiger partial charge in [-0.1, -0.05) is 0 Å². The van der Waals surface area contributed by atoms with Gasteiger partial charge in [0.1, 0.15) is 12.3 Å². The van der Waals surface area contributed by atoms with Crippen LogP contribution in [0.4, 0.5) is 5.69 Å². The van der Waals surface area contributed by atoms with Crippen molar-refractivity contribution < 1.29 is 23.6 Å². The standard InChI is InChI=1S/C17H14N4O5/c22-13-4-3-12(14(23)20-13)21-8-9-7-10(1-2-11(9)17(21)25)19-15(24)16-18-5-6-26-16/h1-2,5-7,12H,3-4,8H2,(H,19,24)(H,20,22,23). The van der Waals surface area contributed by atoms with Crippen LogP contribution in [-0.4, -0.2) is 39.6 Å². The Labute approximate surface area is 147 Å².